The summed E-state index contributed by atoms with van der Waals surface area (Å²) in [6, 6.07) is 15.7. The van der Waals surface area contributed by atoms with Crippen molar-refractivity contribution in [2.45, 2.75) is 12.8 Å². The Labute approximate surface area is 185 Å². The van der Waals surface area contributed by atoms with Crippen LogP contribution >= 0.6 is 12.2 Å². The lowest BCUT2D eigenvalue weighted by Crippen LogP contribution is -2.47. The third-order valence-electron chi connectivity index (χ3n) is 5.54. The van der Waals surface area contributed by atoms with E-state index in [1.165, 1.54) is 0 Å². The lowest BCUT2D eigenvalue weighted by atomic mass is 10.2. The first-order valence-electron chi connectivity index (χ1n) is 10.3. The fourth-order valence-electron chi connectivity index (χ4n) is 3.89. The van der Waals surface area contributed by atoms with E-state index < -0.39 is 6.10 Å². The molecule has 2 aliphatic heterocycles. The zero-order chi connectivity index (χ0) is 21.2. The number of rotatable bonds is 5. The summed E-state index contributed by atoms with van der Waals surface area (Å²) in [4.78, 5) is 4.99. The molecule has 2 aromatic carbocycles. The molecule has 162 valence electrons. The van der Waals surface area contributed by atoms with Crippen molar-refractivity contribution in [3.63, 3.8) is 0 Å². The average Bonchev–Trinajstić information content (AvgIpc) is 3.19. The van der Waals surface area contributed by atoms with Crippen molar-refractivity contribution in [3.05, 3.63) is 59.3 Å². The first-order chi connectivity index (χ1) is 15.2. The summed E-state index contributed by atoms with van der Waals surface area (Å²) >= 11 is 5.40. The Morgan fingerprint density at radius 3 is 2.58 bits per heavy atom. The molecule has 1 unspecified atom stereocenters. The molecule has 0 bridgehead atoms. The quantitative estimate of drug-likeness (QED) is 0.559. The molecule has 1 aromatic heterocycles. The molecule has 5 rings (SSSR count). The maximum Gasteiger partial charge on any atom is 0.288 e. The van der Waals surface area contributed by atoms with E-state index in [4.69, 9.17) is 30.8 Å². The second-order valence-corrected chi connectivity index (χ2v) is 7.84. The number of aromatic nitrogens is 2. The molecular weight excluding hydrogens is 416 g/mol. The Kier molecular flexibility index (Phi) is 5.52. The standard InChI is InChI=1S/C22H24N4O4S/c1-27-17-7-3-2-6-16(17)25-12-10-24(11-13-25)15-26-22(31)30-21(23-26)20-14-28-18-8-4-5-9-19(18)29-20/h2-9,20H,10-15H2,1H3. The van der Waals surface area contributed by atoms with Crippen LogP contribution in [0.1, 0.15) is 12.0 Å². The van der Waals surface area contributed by atoms with Crippen molar-refractivity contribution in [2.24, 2.45) is 0 Å². The molecule has 31 heavy (non-hydrogen) atoms. The summed E-state index contributed by atoms with van der Waals surface area (Å²) < 4.78 is 24.7. The number of nitrogens with zero attached hydrogens (tertiary/aromatic N) is 4. The van der Waals surface area contributed by atoms with E-state index in [0.717, 1.165) is 43.4 Å². The molecule has 0 radical (unpaired) electrons. The van der Waals surface area contributed by atoms with E-state index in [1.807, 2.05) is 42.5 Å². The summed E-state index contributed by atoms with van der Waals surface area (Å²) in [6.45, 7) is 4.48. The smallest absolute Gasteiger partial charge is 0.288 e. The van der Waals surface area contributed by atoms with Crippen LogP contribution in [-0.2, 0) is 6.67 Å². The number of methoxy groups -OCH3 is 1. The number of benzene rings is 2. The number of fused-ring (bicyclic) bond motifs is 1. The fourth-order valence-corrected chi connectivity index (χ4v) is 4.08. The molecule has 3 heterocycles. The lowest BCUT2D eigenvalue weighted by molar-refractivity contribution is 0.0706. The monoisotopic (exact) mass is 440 g/mol. The zero-order valence-electron chi connectivity index (χ0n) is 17.3. The van der Waals surface area contributed by atoms with Gasteiger partial charge < -0.3 is 23.5 Å². The fraction of sp³-hybridized carbons (Fsp3) is 0.364. The lowest BCUT2D eigenvalue weighted by Gasteiger charge is -2.36. The molecule has 3 aromatic rings. The van der Waals surface area contributed by atoms with Gasteiger partial charge in [-0.3, -0.25) is 4.90 Å². The van der Waals surface area contributed by atoms with Crippen molar-refractivity contribution in [1.29, 1.82) is 0 Å². The van der Waals surface area contributed by atoms with Crippen LogP contribution in [0.2, 0.25) is 0 Å². The van der Waals surface area contributed by atoms with Gasteiger partial charge >= 0.3 is 0 Å². The van der Waals surface area contributed by atoms with Crippen LogP contribution in [0, 0.1) is 4.84 Å². The Hall–Kier alpha value is -3.04. The molecule has 0 spiro atoms. The largest absolute Gasteiger partial charge is 0.495 e. The predicted octanol–water partition coefficient (Wildman–Crippen LogP) is 3.51. The third kappa shape index (κ3) is 4.11. The number of hydrogen-bond donors (Lipinski definition) is 0. The van der Waals surface area contributed by atoms with Gasteiger partial charge in [0, 0.05) is 26.2 Å². The number of ether oxygens (including phenoxy) is 3. The third-order valence-corrected chi connectivity index (χ3v) is 5.83. The molecular formula is C22H24N4O4S. The highest BCUT2D eigenvalue weighted by atomic mass is 32.1. The Morgan fingerprint density at radius 2 is 1.77 bits per heavy atom. The van der Waals surface area contributed by atoms with Crippen molar-refractivity contribution >= 4 is 17.9 Å². The van der Waals surface area contributed by atoms with E-state index in [2.05, 4.69) is 21.0 Å². The van der Waals surface area contributed by atoms with Crippen molar-refractivity contribution in [1.82, 2.24) is 14.7 Å². The van der Waals surface area contributed by atoms with Gasteiger partial charge in [0.05, 0.1) is 19.5 Å². The second kappa shape index (κ2) is 8.60. The first kappa shape index (κ1) is 19.9. The predicted molar refractivity (Wildman–Crippen MR) is 117 cm³/mol. The SMILES string of the molecule is COc1ccccc1N1CCN(Cn2nc(C3COc4ccccc4O3)oc2=S)CC1. The highest BCUT2D eigenvalue weighted by Gasteiger charge is 2.28. The molecule has 0 aliphatic carbocycles. The van der Waals surface area contributed by atoms with Gasteiger partial charge in [0.2, 0.25) is 6.10 Å². The van der Waals surface area contributed by atoms with Crippen LogP contribution in [0.4, 0.5) is 5.69 Å². The van der Waals surface area contributed by atoms with E-state index >= 15 is 0 Å². The topological polar surface area (TPSA) is 65.1 Å². The van der Waals surface area contributed by atoms with Crippen molar-refractivity contribution < 1.29 is 18.6 Å². The number of anilines is 1. The van der Waals surface area contributed by atoms with Gasteiger partial charge in [0.25, 0.3) is 10.7 Å². The molecule has 0 amide bonds. The highest BCUT2D eigenvalue weighted by Crippen LogP contribution is 2.35. The average molecular weight is 441 g/mol. The van der Waals surface area contributed by atoms with Crippen LogP contribution in [0.25, 0.3) is 0 Å². The van der Waals surface area contributed by atoms with Crippen LogP contribution in [0.3, 0.4) is 0 Å². The van der Waals surface area contributed by atoms with Crippen LogP contribution in [0.15, 0.2) is 52.9 Å². The normalized spacial score (nSPS) is 18.7. The second-order valence-electron chi connectivity index (χ2n) is 7.49. The van der Waals surface area contributed by atoms with Gasteiger partial charge in [-0.2, -0.15) is 0 Å². The van der Waals surface area contributed by atoms with Crippen molar-refractivity contribution in [2.75, 3.05) is 44.8 Å². The molecule has 1 saturated heterocycles. The summed E-state index contributed by atoms with van der Waals surface area (Å²) in [5, 5.41) is 4.57. The maximum absolute atomic E-state index is 5.99. The zero-order valence-corrected chi connectivity index (χ0v) is 18.1. The van der Waals surface area contributed by atoms with Crippen LogP contribution in [-0.4, -0.2) is 54.6 Å². The minimum atomic E-state index is -0.416. The van der Waals surface area contributed by atoms with Gasteiger partial charge in [-0.1, -0.05) is 24.3 Å². The molecule has 9 heteroatoms. The molecule has 0 saturated carbocycles. The highest BCUT2D eigenvalue weighted by molar-refractivity contribution is 7.71. The molecule has 2 aliphatic rings. The van der Waals surface area contributed by atoms with Gasteiger partial charge in [-0.15, -0.1) is 5.10 Å². The van der Waals surface area contributed by atoms with Gasteiger partial charge in [0.1, 0.15) is 12.4 Å². The Morgan fingerprint density at radius 1 is 1.03 bits per heavy atom. The summed E-state index contributed by atoms with van der Waals surface area (Å²) in [5.41, 5.74) is 1.12. The minimum absolute atomic E-state index is 0.337. The van der Waals surface area contributed by atoms with E-state index in [0.29, 0.717) is 29.8 Å². The summed E-state index contributed by atoms with van der Waals surface area (Å²) in [7, 11) is 1.71. The van der Waals surface area contributed by atoms with Gasteiger partial charge in [-0.05, 0) is 36.5 Å². The van der Waals surface area contributed by atoms with Crippen LogP contribution < -0.4 is 19.1 Å². The van der Waals surface area contributed by atoms with E-state index in [1.54, 1.807) is 11.8 Å². The first-order valence-corrected chi connectivity index (χ1v) is 10.7. The molecule has 1 fully saturated rings. The molecule has 1 atom stereocenters. The van der Waals surface area contributed by atoms with Crippen molar-refractivity contribution in [3.8, 4) is 17.2 Å². The number of piperazine rings is 1. The maximum atomic E-state index is 5.99. The van der Waals surface area contributed by atoms with Gasteiger partial charge in [-0.25, -0.2) is 4.68 Å². The molecule has 8 nitrogen and oxygen atoms in total. The summed E-state index contributed by atoms with van der Waals surface area (Å²) in [5.74, 6) is 2.74. The number of para-hydroxylation sites is 4. The Balaban J connectivity index is 1.22. The Bertz CT molecular complexity index is 1110. The molecule has 0 N–H and O–H groups in total. The minimum Gasteiger partial charge on any atom is -0.495 e. The van der Waals surface area contributed by atoms with E-state index in [-0.39, 0.29) is 0 Å². The van der Waals surface area contributed by atoms with Gasteiger partial charge in [0.15, 0.2) is 11.5 Å². The van der Waals surface area contributed by atoms with E-state index in [9.17, 15) is 0 Å². The number of hydrogen-bond acceptors (Lipinski definition) is 8. The summed E-state index contributed by atoms with van der Waals surface area (Å²) in [6.07, 6.45) is -0.416. The van der Waals surface area contributed by atoms with Crippen LogP contribution in [0.5, 0.6) is 17.2 Å².